The standard InChI is InChI=1S/C25H24N4O2S2/c1-15-8-11-22(16(2)12-15)28(17(3)30)24-26-18(13-32-24)14-33-25-27-21-7-5-4-6-20(21)23(31)29(25)19-9-10-19/h4-8,11-13,19H,9-10,14H2,1-3H3. The lowest BCUT2D eigenvalue weighted by Crippen LogP contribution is -2.23. The van der Waals surface area contributed by atoms with E-state index in [2.05, 4.69) is 6.07 Å². The van der Waals surface area contributed by atoms with Crippen molar-refractivity contribution < 1.29 is 4.79 Å². The van der Waals surface area contributed by atoms with Gasteiger partial charge in [0, 0.05) is 24.1 Å². The van der Waals surface area contributed by atoms with Gasteiger partial charge in [0.15, 0.2) is 10.3 Å². The van der Waals surface area contributed by atoms with E-state index < -0.39 is 0 Å². The zero-order chi connectivity index (χ0) is 23.1. The maximum absolute atomic E-state index is 13.1. The van der Waals surface area contributed by atoms with E-state index in [-0.39, 0.29) is 17.5 Å². The van der Waals surface area contributed by atoms with Gasteiger partial charge in [0.2, 0.25) is 5.91 Å². The minimum absolute atomic E-state index is 0.0298. The lowest BCUT2D eigenvalue weighted by atomic mass is 10.1. The highest BCUT2D eigenvalue weighted by molar-refractivity contribution is 7.98. The van der Waals surface area contributed by atoms with Crippen LogP contribution in [0, 0.1) is 13.8 Å². The van der Waals surface area contributed by atoms with E-state index in [1.165, 1.54) is 23.1 Å². The fourth-order valence-corrected chi connectivity index (χ4v) is 5.89. The van der Waals surface area contributed by atoms with Crippen LogP contribution in [-0.2, 0) is 10.5 Å². The van der Waals surface area contributed by atoms with Crippen molar-refractivity contribution in [2.24, 2.45) is 0 Å². The molecule has 0 aliphatic heterocycles. The number of aryl methyl sites for hydroxylation is 2. The molecule has 2 heterocycles. The first kappa shape index (κ1) is 21.9. The molecule has 0 bridgehead atoms. The highest BCUT2D eigenvalue weighted by Crippen LogP contribution is 2.38. The lowest BCUT2D eigenvalue weighted by Gasteiger charge is -2.20. The predicted molar refractivity (Wildman–Crippen MR) is 135 cm³/mol. The minimum Gasteiger partial charge on any atom is -0.284 e. The second-order valence-corrected chi connectivity index (χ2v) is 10.2. The van der Waals surface area contributed by atoms with Gasteiger partial charge in [-0.25, -0.2) is 9.97 Å². The largest absolute Gasteiger partial charge is 0.284 e. The van der Waals surface area contributed by atoms with Crippen molar-refractivity contribution in [2.45, 2.75) is 50.6 Å². The summed E-state index contributed by atoms with van der Waals surface area (Å²) in [6.07, 6.45) is 2.02. The first-order valence-corrected chi connectivity index (χ1v) is 12.8. The average Bonchev–Trinajstić information content (AvgIpc) is 3.51. The van der Waals surface area contributed by atoms with E-state index in [0.29, 0.717) is 16.3 Å². The maximum Gasteiger partial charge on any atom is 0.262 e. The molecule has 0 saturated heterocycles. The van der Waals surface area contributed by atoms with E-state index in [1.54, 1.807) is 11.8 Å². The molecular formula is C25H24N4O2S2. The van der Waals surface area contributed by atoms with Crippen molar-refractivity contribution >= 4 is 50.7 Å². The molecule has 33 heavy (non-hydrogen) atoms. The molecule has 0 radical (unpaired) electrons. The minimum atomic E-state index is -0.0747. The zero-order valence-corrected chi connectivity index (χ0v) is 20.4. The highest BCUT2D eigenvalue weighted by atomic mass is 32.2. The number of aromatic nitrogens is 3. The summed E-state index contributed by atoms with van der Waals surface area (Å²) in [4.78, 5) is 36.8. The third-order valence-electron chi connectivity index (χ3n) is 5.68. The Labute approximate surface area is 200 Å². The van der Waals surface area contributed by atoms with Gasteiger partial charge in [-0.2, -0.15) is 0 Å². The van der Waals surface area contributed by atoms with E-state index in [0.717, 1.165) is 46.0 Å². The van der Waals surface area contributed by atoms with Crippen LogP contribution < -0.4 is 10.5 Å². The third kappa shape index (κ3) is 4.32. The van der Waals surface area contributed by atoms with Crippen molar-refractivity contribution in [2.75, 3.05) is 4.90 Å². The number of hydrogen-bond acceptors (Lipinski definition) is 6. The van der Waals surface area contributed by atoms with Gasteiger partial charge < -0.3 is 0 Å². The molecule has 0 N–H and O–H groups in total. The molecule has 0 unspecified atom stereocenters. The Kier molecular flexibility index (Phi) is 5.80. The van der Waals surface area contributed by atoms with E-state index in [1.807, 2.05) is 60.2 Å². The molecule has 4 aromatic rings. The van der Waals surface area contributed by atoms with E-state index >= 15 is 0 Å². The van der Waals surface area contributed by atoms with E-state index in [9.17, 15) is 9.59 Å². The van der Waals surface area contributed by atoms with Gasteiger partial charge in [0.05, 0.1) is 22.3 Å². The van der Waals surface area contributed by atoms with Crippen molar-refractivity contribution in [1.82, 2.24) is 14.5 Å². The topological polar surface area (TPSA) is 68.1 Å². The molecular weight excluding hydrogens is 452 g/mol. The number of thioether (sulfide) groups is 1. The fraction of sp³-hybridized carbons (Fsp3) is 0.280. The number of rotatable bonds is 6. The summed E-state index contributed by atoms with van der Waals surface area (Å²) in [5, 5.41) is 4.02. The van der Waals surface area contributed by atoms with Gasteiger partial charge in [0.25, 0.3) is 5.56 Å². The maximum atomic E-state index is 13.1. The number of carbonyl (C=O) groups excluding carboxylic acids is 1. The van der Waals surface area contributed by atoms with Gasteiger partial charge in [-0.05, 0) is 50.5 Å². The number of amides is 1. The Hall–Kier alpha value is -2.97. The van der Waals surface area contributed by atoms with Crippen LogP contribution in [0.15, 0.2) is 57.8 Å². The average molecular weight is 477 g/mol. The molecule has 1 saturated carbocycles. The van der Waals surface area contributed by atoms with Crippen LogP contribution in [-0.4, -0.2) is 20.4 Å². The second kappa shape index (κ2) is 8.76. The van der Waals surface area contributed by atoms with Crippen LogP contribution in [0.4, 0.5) is 10.8 Å². The van der Waals surface area contributed by atoms with Gasteiger partial charge >= 0.3 is 0 Å². The summed E-state index contributed by atoms with van der Waals surface area (Å²) < 4.78 is 1.85. The molecule has 0 atom stereocenters. The Balaban J connectivity index is 1.43. The number of hydrogen-bond donors (Lipinski definition) is 0. The van der Waals surface area contributed by atoms with Crippen LogP contribution in [0.2, 0.25) is 0 Å². The van der Waals surface area contributed by atoms with Crippen LogP contribution in [0.3, 0.4) is 0 Å². The zero-order valence-electron chi connectivity index (χ0n) is 18.7. The summed E-state index contributed by atoms with van der Waals surface area (Å²) in [5.41, 5.74) is 4.65. The molecule has 2 aromatic heterocycles. The molecule has 1 aliphatic carbocycles. The lowest BCUT2D eigenvalue weighted by molar-refractivity contribution is -0.115. The SMILES string of the molecule is CC(=O)N(c1nc(CSc2nc3ccccc3c(=O)n2C2CC2)cs1)c1ccc(C)cc1C. The Morgan fingerprint density at radius 3 is 2.70 bits per heavy atom. The second-order valence-electron chi connectivity index (χ2n) is 8.37. The molecule has 6 nitrogen and oxygen atoms in total. The number of para-hydroxylation sites is 1. The smallest absolute Gasteiger partial charge is 0.262 e. The molecule has 1 aliphatic rings. The molecule has 2 aromatic carbocycles. The molecule has 0 spiro atoms. The summed E-state index contributed by atoms with van der Waals surface area (Å²) in [5.74, 6) is 0.501. The van der Waals surface area contributed by atoms with Crippen molar-refractivity contribution in [3.05, 3.63) is 75.0 Å². The molecule has 8 heteroatoms. The van der Waals surface area contributed by atoms with Crippen LogP contribution in [0.1, 0.15) is 42.6 Å². The Bertz CT molecular complexity index is 1420. The highest BCUT2D eigenvalue weighted by Gasteiger charge is 2.28. The van der Waals surface area contributed by atoms with Crippen LogP contribution >= 0.6 is 23.1 Å². The number of fused-ring (bicyclic) bond motifs is 1. The Morgan fingerprint density at radius 2 is 1.97 bits per heavy atom. The summed E-state index contributed by atoms with van der Waals surface area (Å²) >= 11 is 2.97. The van der Waals surface area contributed by atoms with Gasteiger partial charge in [-0.3, -0.25) is 19.1 Å². The summed E-state index contributed by atoms with van der Waals surface area (Å²) in [7, 11) is 0. The fourth-order valence-electron chi connectivity index (χ4n) is 3.95. The predicted octanol–water partition coefficient (Wildman–Crippen LogP) is 5.78. The monoisotopic (exact) mass is 476 g/mol. The number of nitrogens with zero attached hydrogens (tertiary/aromatic N) is 4. The normalized spacial score (nSPS) is 13.4. The summed E-state index contributed by atoms with van der Waals surface area (Å²) in [6.45, 7) is 5.60. The first-order valence-electron chi connectivity index (χ1n) is 10.9. The number of carbonyl (C=O) groups is 1. The third-order valence-corrected chi connectivity index (χ3v) is 7.54. The van der Waals surface area contributed by atoms with Crippen LogP contribution in [0.5, 0.6) is 0 Å². The van der Waals surface area contributed by atoms with Crippen molar-refractivity contribution in [3.8, 4) is 0 Å². The Morgan fingerprint density at radius 1 is 1.18 bits per heavy atom. The van der Waals surface area contributed by atoms with Gasteiger partial charge in [-0.15, -0.1) is 11.3 Å². The number of anilines is 2. The van der Waals surface area contributed by atoms with Gasteiger partial charge in [0.1, 0.15) is 0 Å². The van der Waals surface area contributed by atoms with Crippen molar-refractivity contribution in [3.63, 3.8) is 0 Å². The van der Waals surface area contributed by atoms with Crippen LogP contribution in [0.25, 0.3) is 10.9 Å². The number of thiazole rings is 1. The van der Waals surface area contributed by atoms with E-state index in [4.69, 9.17) is 9.97 Å². The number of benzene rings is 2. The molecule has 1 fully saturated rings. The van der Waals surface area contributed by atoms with Gasteiger partial charge in [-0.1, -0.05) is 41.6 Å². The quantitative estimate of drug-likeness (QED) is 0.261. The first-order chi connectivity index (χ1) is 15.9. The molecule has 5 rings (SSSR count). The summed E-state index contributed by atoms with van der Waals surface area (Å²) in [6, 6.07) is 13.8. The van der Waals surface area contributed by atoms with Crippen molar-refractivity contribution in [1.29, 1.82) is 0 Å². The molecule has 168 valence electrons. The molecule has 1 amide bonds.